The van der Waals surface area contributed by atoms with Crippen LogP contribution >= 0.6 is 0 Å². The maximum absolute atomic E-state index is 12.5. The maximum atomic E-state index is 12.5. The van der Waals surface area contributed by atoms with Crippen LogP contribution in [0.25, 0.3) is 0 Å². The molecule has 1 aliphatic heterocycles. The summed E-state index contributed by atoms with van der Waals surface area (Å²) in [5, 5.41) is 6.52. The van der Waals surface area contributed by atoms with Crippen LogP contribution in [0.5, 0.6) is 0 Å². The Morgan fingerprint density at radius 3 is 2.95 bits per heavy atom. The molecule has 0 aliphatic carbocycles. The number of carbonyl (C=O) groups is 1. The number of carbonyl (C=O) groups excluding carboxylic acids is 1. The number of nitrogens with one attached hydrogen (secondary N) is 2. The molecule has 0 aromatic heterocycles. The van der Waals surface area contributed by atoms with Gasteiger partial charge in [0.2, 0.25) is 5.91 Å². The first-order valence-electron chi connectivity index (χ1n) is 8.32. The summed E-state index contributed by atoms with van der Waals surface area (Å²) in [7, 11) is 0. The summed E-state index contributed by atoms with van der Waals surface area (Å²) in [4.78, 5) is 12.5. The zero-order valence-corrected chi connectivity index (χ0v) is 13.3. The normalized spacial score (nSPS) is 18.9. The number of amides is 1. The van der Waals surface area contributed by atoms with E-state index in [9.17, 15) is 4.79 Å². The lowest BCUT2D eigenvalue weighted by Gasteiger charge is -2.26. The Kier molecular flexibility index (Phi) is 6.24. The summed E-state index contributed by atoms with van der Waals surface area (Å²) in [5.41, 5.74) is 2.44. The second kappa shape index (κ2) is 8.18. The molecule has 2 N–H and O–H groups in total. The summed E-state index contributed by atoms with van der Waals surface area (Å²) in [6.07, 6.45) is 4.83. The number of unbranched alkanes of at least 4 members (excludes halogenated alkanes) is 1. The Hall–Kier alpha value is -1.35. The van der Waals surface area contributed by atoms with Gasteiger partial charge in [-0.2, -0.15) is 0 Å². The molecule has 0 fully saturated rings. The molecule has 21 heavy (non-hydrogen) atoms. The van der Waals surface area contributed by atoms with E-state index in [2.05, 4.69) is 36.6 Å². The van der Waals surface area contributed by atoms with Crippen LogP contribution in [0.4, 0.5) is 0 Å². The topological polar surface area (TPSA) is 41.1 Å². The molecule has 116 valence electrons. The lowest BCUT2D eigenvalue weighted by molar-refractivity contribution is -0.122. The summed E-state index contributed by atoms with van der Waals surface area (Å²) in [6, 6.07) is 8.27. The smallest absolute Gasteiger partial charge is 0.228 e. The predicted molar refractivity (Wildman–Crippen MR) is 87.2 cm³/mol. The Labute approximate surface area is 128 Å². The van der Waals surface area contributed by atoms with E-state index in [0.29, 0.717) is 5.92 Å². The van der Waals surface area contributed by atoms with E-state index in [-0.39, 0.29) is 11.8 Å². The molecule has 0 saturated carbocycles. The van der Waals surface area contributed by atoms with Crippen LogP contribution in [-0.2, 0) is 11.3 Å². The second-order valence-corrected chi connectivity index (χ2v) is 6.04. The zero-order chi connectivity index (χ0) is 15.1. The zero-order valence-electron chi connectivity index (χ0n) is 13.3. The van der Waals surface area contributed by atoms with Crippen molar-refractivity contribution in [1.29, 1.82) is 0 Å². The minimum atomic E-state index is -0.0429. The van der Waals surface area contributed by atoms with Gasteiger partial charge in [-0.3, -0.25) is 4.79 Å². The van der Waals surface area contributed by atoms with Gasteiger partial charge in [-0.15, -0.1) is 0 Å². The summed E-state index contributed by atoms with van der Waals surface area (Å²) in [6.45, 7) is 6.86. The third-order valence-corrected chi connectivity index (χ3v) is 4.52. The van der Waals surface area contributed by atoms with Crippen molar-refractivity contribution in [3.05, 3.63) is 35.4 Å². The van der Waals surface area contributed by atoms with Gasteiger partial charge in [-0.1, -0.05) is 57.4 Å². The van der Waals surface area contributed by atoms with Gasteiger partial charge in [0.25, 0.3) is 0 Å². The largest absolute Gasteiger partial charge is 0.355 e. The van der Waals surface area contributed by atoms with Gasteiger partial charge in [0.15, 0.2) is 0 Å². The average Bonchev–Trinajstić information content (AvgIpc) is 2.54. The SMILES string of the molecule is CCCCC(CC)CNC(=O)C1CNCc2ccccc21. The lowest BCUT2D eigenvalue weighted by Crippen LogP contribution is -2.40. The Morgan fingerprint density at radius 2 is 2.19 bits per heavy atom. The molecule has 3 heteroatoms. The number of rotatable bonds is 7. The van der Waals surface area contributed by atoms with Gasteiger partial charge in [-0.05, 0) is 23.5 Å². The first-order chi connectivity index (χ1) is 10.3. The molecular formula is C18H28N2O. The number of benzene rings is 1. The molecular weight excluding hydrogens is 260 g/mol. The molecule has 1 amide bonds. The van der Waals surface area contributed by atoms with Gasteiger partial charge in [-0.25, -0.2) is 0 Å². The molecule has 0 saturated heterocycles. The minimum Gasteiger partial charge on any atom is -0.355 e. The standard InChI is InChI=1S/C18H28N2O/c1-3-5-8-14(4-2)11-20-18(21)17-13-19-12-15-9-6-7-10-16(15)17/h6-7,9-10,14,17,19H,3-5,8,11-13H2,1-2H3,(H,20,21). The van der Waals surface area contributed by atoms with E-state index in [1.165, 1.54) is 30.4 Å². The number of hydrogen-bond acceptors (Lipinski definition) is 2. The van der Waals surface area contributed by atoms with Crippen LogP contribution in [0.2, 0.25) is 0 Å². The fourth-order valence-corrected chi connectivity index (χ4v) is 3.04. The van der Waals surface area contributed by atoms with Gasteiger partial charge < -0.3 is 10.6 Å². The van der Waals surface area contributed by atoms with Crippen LogP contribution in [0.15, 0.2) is 24.3 Å². The lowest BCUT2D eigenvalue weighted by atomic mass is 9.90. The highest BCUT2D eigenvalue weighted by atomic mass is 16.1. The molecule has 1 aliphatic rings. The van der Waals surface area contributed by atoms with Crippen molar-refractivity contribution in [2.45, 2.75) is 52.0 Å². The third kappa shape index (κ3) is 4.31. The highest BCUT2D eigenvalue weighted by Crippen LogP contribution is 2.24. The van der Waals surface area contributed by atoms with Gasteiger partial charge in [0.05, 0.1) is 5.92 Å². The minimum absolute atomic E-state index is 0.0429. The van der Waals surface area contributed by atoms with Crippen molar-refractivity contribution in [3.63, 3.8) is 0 Å². The summed E-state index contributed by atoms with van der Waals surface area (Å²) in [5.74, 6) is 0.740. The van der Waals surface area contributed by atoms with Crippen LogP contribution in [0.1, 0.15) is 56.6 Å². The highest BCUT2D eigenvalue weighted by molar-refractivity contribution is 5.84. The quantitative estimate of drug-likeness (QED) is 0.809. The van der Waals surface area contributed by atoms with E-state index in [0.717, 1.165) is 26.1 Å². The van der Waals surface area contributed by atoms with Crippen molar-refractivity contribution < 1.29 is 4.79 Å². The molecule has 2 atom stereocenters. The Morgan fingerprint density at radius 1 is 1.38 bits per heavy atom. The van der Waals surface area contributed by atoms with E-state index in [4.69, 9.17) is 0 Å². The highest BCUT2D eigenvalue weighted by Gasteiger charge is 2.26. The van der Waals surface area contributed by atoms with Crippen LogP contribution in [0.3, 0.4) is 0 Å². The molecule has 0 bridgehead atoms. The van der Waals surface area contributed by atoms with Gasteiger partial charge in [0.1, 0.15) is 0 Å². The van der Waals surface area contributed by atoms with E-state index >= 15 is 0 Å². The molecule has 3 nitrogen and oxygen atoms in total. The van der Waals surface area contributed by atoms with Crippen LogP contribution in [0, 0.1) is 5.92 Å². The van der Waals surface area contributed by atoms with Crippen molar-refractivity contribution >= 4 is 5.91 Å². The van der Waals surface area contributed by atoms with E-state index < -0.39 is 0 Å². The van der Waals surface area contributed by atoms with Crippen molar-refractivity contribution in [2.75, 3.05) is 13.1 Å². The van der Waals surface area contributed by atoms with Crippen molar-refractivity contribution in [3.8, 4) is 0 Å². The van der Waals surface area contributed by atoms with E-state index in [1.54, 1.807) is 0 Å². The molecule has 2 unspecified atom stereocenters. The van der Waals surface area contributed by atoms with Crippen molar-refractivity contribution in [2.24, 2.45) is 5.92 Å². The van der Waals surface area contributed by atoms with Crippen LogP contribution < -0.4 is 10.6 Å². The molecule has 2 rings (SSSR count). The van der Waals surface area contributed by atoms with Gasteiger partial charge >= 0.3 is 0 Å². The molecule has 1 aromatic rings. The summed E-state index contributed by atoms with van der Waals surface area (Å²) < 4.78 is 0. The van der Waals surface area contributed by atoms with Gasteiger partial charge in [0, 0.05) is 19.6 Å². The third-order valence-electron chi connectivity index (χ3n) is 4.52. The number of hydrogen-bond donors (Lipinski definition) is 2. The van der Waals surface area contributed by atoms with E-state index in [1.807, 2.05) is 12.1 Å². The second-order valence-electron chi connectivity index (χ2n) is 6.04. The monoisotopic (exact) mass is 288 g/mol. The molecule has 0 spiro atoms. The first-order valence-corrected chi connectivity index (χ1v) is 8.32. The predicted octanol–water partition coefficient (Wildman–Crippen LogP) is 3.21. The molecule has 1 aromatic carbocycles. The average molecular weight is 288 g/mol. The molecule has 1 heterocycles. The molecule has 0 radical (unpaired) electrons. The Balaban J connectivity index is 1.92. The fraction of sp³-hybridized carbons (Fsp3) is 0.611. The summed E-state index contributed by atoms with van der Waals surface area (Å²) >= 11 is 0. The number of fused-ring (bicyclic) bond motifs is 1. The maximum Gasteiger partial charge on any atom is 0.228 e. The fourth-order valence-electron chi connectivity index (χ4n) is 3.04. The van der Waals surface area contributed by atoms with Crippen LogP contribution in [-0.4, -0.2) is 19.0 Å². The van der Waals surface area contributed by atoms with Crippen molar-refractivity contribution in [1.82, 2.24) is 10.6 Å². The first kappa shape index (κ1) is 16.0. The Bertz CT molecular complexity index is 458.